The number of hydrogen-bond acceptors (Lipinski definition) is 4. The van der Waals surface area contributed by atoms with E-state index < -0.39 is 0 Å². The van der Waals surface area contributed by atoms with Gasteiger partial charge >= 0.3 is 0 Å². The zero-order chi connectivity index (χ0) is 14.5. The number of benzene rings is 1. The van der Waals surface area contributed by atoms with E-state index in [0.29, 0.717) is 10.6 Å². The summed E-state index contributed by atoms with van der Waals surface area (Å²) in [5.74, 6) is -0.139. The number of rotatable bonds is 4. The minimum absolute atomic E-state index is 0.139. The number of pyridine rings is 1. The highest BCUT2D eigenvalue weighted by atomic mass is 32.2. The van der Waals surface area contributed by atoms with E-state index in [-0.39, 0.29) is 5.91 Å². The minimum atomic E-state index is -0.139. The van der Waals surface area contributed by atoms with Crippen molar-refractivity contribution in [3.63, 3.8) is 0 Å². The largest absolute Gasteiger partial charge is 0.321 e. The second-order valence-electron chi connectivity index (χ2n) is 4.24. The third kappa shape index (κ3) is 3.51. The fourth-order valence-corrected chi connectivity index (χ4v) is 3.27. The Bertz CT molecular complexity index is 727. The summed E-state index contributed by atoms with van der Waals surface area (Å²) in [5.41, 5.74) is 1.39. The maximum absolute atomic E-state index is 12.4. The first-order chi connectivity index (χ1) is 10.3. The van der Waals surface area contributed by atoms with Crippen LogP contribution >= 0.6 is 23.1 Å². The molecule has 0 aliphatic rings. The molecule has 104 valence electrons. The van der Waals surface area contributed by atoms with E-state index in [2.05, 4.69) is 10.3 Å². The van der Waals surface area contributed by atoms with E-state index in [9.17, 15) is 4.79 Å². The lowest BCUT2D eigenvalue weighted by atomic mass is 10.2. The van der Waals surface area contributed by atoms with Gasteiger partial charge in [-0.25, -0.2) is 4.98 Å². The number of nitrogens with one attached hydrogen (secondary N) is 1. The van der Waals surface area contributed by atoms with Crippen molar-refractivity contribution < 1.29 is 4.79 Å². The van der Waals surface area contributed by atoms with Crippen LogP contribution in [-0.2, 0) is 0 Å². The summed E-state index contributed by atoms with van der Waals surface area (Å²) < 4.78 is 0. The number of thiophene rings is 1. The van der Waals surface area contributed by atoms with Gasteiger partial charge in [0.2, 0.25) is 0 Å². The first-order valence-electron chi connectivity index (χ1n) is 6.34. The molecule has 0 unspecified atom stereocenters. The van der Waals surface area contributed by atoms with Crippen molar-refractivity contribution >= 4 is 34.7 Å². The molecule has 1 N–H and O–H groups in total. The molecule has 3 aromatic rings. The molecule has 1 amide bonds. The minimum Gasteiger partial charge on any atom is -0.321 e. The Balaban J connectivity index is 1.84. The Morgan fingerprint density at radius 2 is 1.95 bits per heavy atom. The lowest BCUT2D eigenvalue weighted by Gasteiger charge is -2.08. The summed E-state index contributed by atoms with van der Waals surface area (Å²) in [6, 6.07) is 15.3. The van der Waals surface area contributed by atoms with E-state index in [4.69, 9.17) is 0 Å². The molecule has 3 rings (SSSR count). The maximum Gasteiger partial charge on any atom is 0.258 e. The molecule has 2 heterocycles. The molecule has 0 aliphatic carbocycles. The van der Waals surface area contributed by atoms with Gasteiger partial charge in [-0.3, -0.25) is 4.79 Å². The maximum atomic E-state index is 12.4. The number of aromatic nitrogens is 1. The molecule has 1 aromatic carbocycles. The molecule has 0 saturated carbocycles. The Morgan fingerprint density at radius 1 is 1.10 bits per heavy atom. The molecule has 0 radical (unpaired) electrons. The monoisotopic (exact) mass is 312 g/mol. The summed E-state index contributed by atoms with van der Waals surface area (Å²) in [5, 5.41) is 7.42. The SMILES string of the molecule is O=C(Nc1ccsc1)c1cccnc1Sc1ccccc1. The first kappa shape index (κ1) is 13.9. The molecule has 2 aromatic heterocycles. The van der Waals surface area contributed by atoms with Gasteiger partial charge in [0, 0.05) is 16.5 Å². The molecule has 0 saturated heterocycles. The Kier molecular flexibility index (Phi) is 4.33. The van der Waals surface area contributed by atoms with Crippen molar-refractivity contribution in [1.29, 1.82) is 0 Å². The zero-order valence-corrected chi connectivity index (χ0v) is 12.7. The number of hydrogen-bond donors (Lipinski definition) is 1. The molecule has 0 aliphatic heterocycles. The van der Waals surface area contributed by atoms with Gasteiger partial charge < -0.3 is 5.32 Å². The Morgan fingerprint density at radius 3 is 2.71 bits per heavy atom. The van der Waals surface area contributed by atoms with Crippen molar-refractivity contribution in [2.75, 3.05) is 5.32 Å². The molecule has 0 spiro atoms. The number of carbonyl (C=O) groups is 1. The molecule has 0 bridgehead atoms. The molecule has 3 nitrogen and oxygen atoms in total. The molecule has 21 heavy (non-hydrogen) atoms. The Labute approximate surface area is 131 Å². The summed E-state index contributed by atoms with van der Waals surface area (Å²) in [6.45, 7) is 0. The number of nitrogens with zero attached hydrogens (tertiary/aromatic N) is 1. The zero-order valence-electron chi connectivity index (χ0n) is 11.0. The van der Waals surface area contributed by atoms with Crippen molar-refractivity contribution in [3.8, 4) is 0 Å². The highest BCUT2D eigenvalue weighted by Gasteiger charge is 2.13. The normalized spacial score (nSPS) is 10.3. The fourth-order valence-electron chi connectivity index (χ4n) is 1.78. The van der Waals surface area contributed by atoms with Crippen LogP contribution in [-0.4, -0.2) is 10.9 Å². The van der Waals surface area contributed by atoms with Crippen LogP contribution in [0.3, 0.4) is 0 Å². The molecular weight excluding hydrogens is 300 g/mol. The van der Waals surface area contributed by atoms with Crippen molar-refractivity contribution in [2.24, 2.45) is 0 Å². The van der Waals surface area contributed by atoms with Crippen molar-refractivity contribution in [2.45, 2.75) is 9.92 Å². The van der Waals surface area contributed by atoms with Gasteiger partial charge in [0.05, 0.1) is 11.3 Å². The average Bonchev–Trinajstić information content (AvgIpc) is 3.02. The third-order valence-electron chi connectivity index (χ3n) is 2.75. The van der Waals surface area contributed by atoms with Crippen LogP contribution in [0.5, 0.6) is 0 Å². The van der Waals surface area contributed by atoms with Gasteiger partial charge in [0.25, 0.3) is 5.91 Å². The van der Waals surface area contributed by atoms with Crippen LogP contribution in [0.15, 0.2) is 75.4 Å². The van der Waals surface area contributed by atoms with Crippen LogP contribution in [0, 0.1) is 0 Å². The lowest BCUT2D eigenvalue weighted by molar-refractivity contribution is 0.102. The van der Waals surface area contributed by atoms with Crippen LogP contribution in [0.25, 0.3) is 0 Å². The Hall–Kier alpha value is -2.11. The van der Waals surface area contributed by atoms with Gasteiger partial charge in [-0.05, 0) is 35.7 Å². The smallest absolute Gasteiger partial charge is 0.258 e. The topological polar surface area (TPSA) is 42.0 Å². The fraction of sp³-hybridized carbons (Fsp3) is 0. The number of amides is 1. The van der Waals surface area contributed by atoms with E-state index in [1.807, 2.05) is 47.2 Å². The van der Waals surface area contributed by atoms with E-state index in [0.717, 1.165) is 10.6 Å². The summed E-state index contributed by atoms with van der Waals surface area (Å²) in [4.78, 5) is 17.7. The van der Waals surface area contributed by atoms with E-state index >= 15 is 0 Å². The highest BCUT2D eigenvalue weighted by Crippen LogP contribution is 2.28. The predicted octanol–water partition coefficient (Wildman–Crippen LogP) is 4.55. The molecular formula is C16H12N2OS2. The standard InChI is InChI=1S/C16H12N2OS2/c19-15(18-12-8-10-20-11-12)14-7-4-9-17-16(14)21-13-5-2-1-3-6-13/h1-11H,(H,18,19). The summed E-state index contributed by atoms with van der Waals surface area (Å²) in [7, 11) is 0. The average molecular weight is 312 g/mol. The van der Waals surface area contributed by atoms with Crippen LogP contribution in [0.2, 0.25) is 0 Å². The quantitative estimate of drug-likeness (QED) is 0.768. The second-order valence-corrected chi connectivity index (χ2v) is 6.08. The van der Waals surface area contributed by atoms with Gasteiger partial charge in [-0.15, -0.1) is 0 Å². The lowest BCUT2D eigenvalue weighted by Crippen LogP contribution is -2.13. The van der Waals surface area contributed by atoms with Crippen LogP contribution in [0.4, 0.5) is 5.69 Å². The second kappa shape index (κ2) is 6.56. The summed E-state index contributed by atoms with van der Waals surface area (Å²) in [6.07, 6.45) is 1.70. The van der Waals surface area contributed by atoms with Crippen molar-refractivity contribution in [1.82, 2.24) is 4.98 Å². The van der Waals surface area contributed by atoms with Gasteiger partial charge in [0.1, 0.15) is 5.03 Å². The number of anilines is 1. The van der Waals surface area contributed by atoms with E-state index in [1.165, 1.54) is 11.8 Å². The molecule has 0 fully saturated rings. The molecule has 5 heteroatoms. The van der Waals surface area contributed by atoms with Gasteiger partial charge in [-0.1, -0.05) is 30.0 Å². The molecule has 0 atom stereocenters. The number of carbonyl (C=O) groups excluding carboxylic acids is 1. The summed E-state index contributed by atoms with van der Waals surface area (Å²) >= 11 is 3.03. The third-order valence-corrected chi connectivity index (χ3v) is 4.46. The first-order valence-corrected chi connectivity index (χ1v) is 8.10. The predicted molar refractivity (Wildman–Crippen MR) is 87.1 cm³/mol. The van der Waals surface area contributed by atoms with Gasteiger partial charge in [-0.2, -0.15) is 11.3 Å². The highest BCUT2D eigenvalue weighted by molar-refractivity contribution is 7.99. The van der Waals surface area contributed by atoms with E-state index in [1.54, 1.807) is 29.7 Å². The van der Waals surface area contributed by atoms with Crippen LogP contribution < -0.4 is 5.32 Å². The van der Waals surface area contributed by atoms with Gasteiger partial charge in [0.15, 0.2) is 0 Å². The van der Waals surface area contributed by atoms with Crippen LogP contribution in [0.1, 0.15) is 10.4 Å². The van der Waals surface area contributed by atoms with Crippen molar-refractivity contribution in [3.05, 3.63) is 71.1 Å².